The van der Waals surface area contributed by atoms with Crippen LogP contribution in [0, 0.1) is 5.92 Å². The van der Waals surface area contributed by atoms with E-state index in [2.05, 4.69) is 5.32 Å². The van der Waals surface area contributed by atoms with Crippen LogP contribution in [0.1, 0.15) is 46.5 Å². The molecular weight excluding hydrogens is 286 g/mol. The SMILES string of the molecule is CCCCCC(=O)NC1(C)C=CC(C(=O)O)C(C)=C1C(=O)O. The zero-order valence-corrected chi connectivity index (χ0v) is 13.2. The lowest BCUT2D eigenvalue weighted by Crippen LogP contribution is -2.50. The number of rotatable bonds is 7. The average molecular weight is 309 g/mol. The molecule has 6 heteroatoms. The van der Waals surface area contributed by atoms with Crippen LogP contribution in [-0.4, -0.2) is 33.6 Å². The Balaban J connectivity index is 3.01. The van der Waals surface area contributed by atoms with Gasteiger partial charge in [-0.25, -0.2) is 4.79 Å². The third-order valence-electron chi connectivity index (χ3n) is 3.89. The van der Waals surface area contributed by atoms with Gasteiger partial charge in [0.05, 0.1) is 17.0 Å². The number of amides is 1. The van der Waals surface area contributed by atoms with Gasteiger partial charge in [0.2, 0.25) is 5.91 Å². The number of hydrogen-bond acceptors (Lipinski definition) is 3. The van der Waals surface area contributed by atoms with Gasteiger partial charge in [-0.15, -0.1) is 0 Å². The molecule has 22 heavy (non-hydrogen) atoms. The molecule has 0 heterocycles. The van der Waals surface area contributed by atoms with Crippen molar-refractivity contribution in [3.63, 3.8) is 0 Å². The number of hydrogen-bond donors (Lipinski definition) is 3. The number of carboxylic acids is 2. The standard InChI is InChI=1S/C16H23NO5/c1-4-5-6-7-12(18)17-16(3)9-8-11(14(19)20)10(2)13(16)15(21)22/h8-9,11H,4-7H2,1-3H3,(H,17,18)(H,19,20)(H,21,22). The average Bonchev–Trinajstić information content (AvgIpc) is 2.37. The molecule has 1 aliphatic rings. The van der Waals surface area contributed by atoms with Crippen molar-refractivity contribution in [2.75, 3.05) is 0 Å². The molecule has 6 nitrogen and oxygen atoms in total. The fourth-order valence-corrected chi connectivity index (χ4v) is 2.73. The molecule has 0 aromatic rings. The minimum atomic E-state index is -1.22. The number of carbonyl (C=O) groups is 3. The summed E-state index contributed by atoms with van der Waals surface area (Å²) in [6, 6.07) is 0. The normalized spacial score (nSPS) is 24.2. The summed E-state index contributed by atoms with van der Waals surface area (Å²) in [7, 11) is 0. The molecule has 0 saturated carbocycles. The van der Waals surface area contributed by atoms with Crippen LogP contribution in [0.3, 0.4) is 0 Å². The molecule has 0 radical (unpaired) electrons. The van der Waals surface area contributed by atoms with Crippen LogP contribution in [0.25, 0.3) is 0 Å². The number of aliphatic carboxylic acids is 2. The van der Waals surface area contributed by atoms with Gasteiger partial charge in [0.1, 0.15) is 0 Å². The maximum absolute atomic E-state index is 12.0. The van der Waals surface area contributed by atoms with Crippen LogP contribution in [-0.2, 0) is 14.4 Å². The third kappa shape index (κ3) is 3.96. The second-order valence-corrected chi connectivity index (χ2v) is 5.75. The zero-order valence-electron chi connectivity index (χ0n) is 13.2. The van der Waals surface area contributed by atoms with Crippen molar-refractivity contribution >= 4 is 17.8 Å². The van der Waals surface area contributed by atoms with E-state index in [1.54, 1.807) is 6.92 Å². The Kier molecular flexibility index (Phi) is 5.91. The van der Waals surface area contributed by atoms with Crippen molar-refractivity contribution in [1.29, 1.82) is 0 Å². The highest BCUT2D eigenvalue weighted by molar-refractivity contribution is 5.95. The molecule has 0 saturated heterocycles. The summed E-state index contributed by atoms with van der Waals surface area (Å²) in [4.78, 5) is 34.7. The van der Waals surface area contributed by atoms with Gasteiger partial charge in [-0.1, -0.05) is 31.9 Å². The largest absolute Gasteiger partial charge is 0.481 e. The van der Waals surface area contributed by atoms with Gasteiger partial charge in [0.25, 0.3) is 0 Å². The molecule has 0 aromatic carbocycles. The van der Waals surface area contributed by atoms with Crippen LogP contribution >= 0.6 is 0 Å². The number of unbranched alkanes of at least 4 members (excludes halogenated alkanes) is 2. The van der Waals surface area contributed by atoms with Gasteiger partial charge in [0.15, 0.2) is 0 Å². The Labute approximate surface area is 129 Å². The topological polar surface area (TPSA) is 104 Å². The highest BCUT2D eigenvalue weighted by Gasteiger charge is 2.40. The lowest BCUT2D eigenvalue weighted by molar-refractivity contribution is -0.139. The van der Waals surface area contributed by atoms with Gasteiger partial charge in [-0.3, -0.25) is 9.59 Å². The summed E-state index contributed by atoms with van der Waals surface area (Å²) < 4.78 is 0. The predicted octanol–water partition coefficient (Wildman–Crippen LogP) is 2.11. The smallest absolute Gasteiger partial charge is 0.334 e. The molecule has 0 bridgehead atoms. The summed E-state index contributed by atoms with van der Waals surface area (Å²) in [5, 5.41) is 21.3. The van der Waals surface area contributed by atoms with Crippen LogP contribution in [0.15, 0.2) is 23.3 Å². The maximum atomic E-state index is 12.0. The van der Waals surface area contributed by atoms with E-state index in [1.807, 2.05) is 6.92 Å². The van der Waals surface area contributed by atoms with Crippen LogP contribution in [0.5, 0.6) is 0 Å². The van der Waals surface area contributed by atoms with Crippen LogP contribution < -0.4 is 5.32 Å². The van der Waals surface area contributed by atoms with Gasteiger partial charge in [-0.2, -0.15) is 0 Å². The Morgan fingerprint density at radius 2 is 1.91 bits per heavy atom. The minimum Gasteiger partial charge on any atom is -0.481 e. The molecule has 1 amide bonds. The molecule has 3 N–H and O–H groups in total. The molecular formula is C16H23NO5. The van der Waals surface area contributed by atoms with Crippen molar-refractivity contribution in [2.24, 2.45) is 5.92 Å². The minimum absolute atomic E-state index is 0.0776. The monoisotopic (exact) mass is 309 g/mol. The van der Waals surface area contributed by atoms with E-state index < -0.39 is 23.4 Å². The van der Waals surface area contributed by atoms with Crippen molar-refractivity contribution in [3.05, 3.63) is 23.3 Å². The fourth-order valence-electron chi connectivity index (χ4n) is 2.73. The maximum Gasteiger partial charge on any atom is 0.334 e. The Hall–Kier alpha value is -2.11. The molecule has 0 spiro atoms. The first kappa shape index (κ1) is 17.9. The number of carboxylic acid groups (broad SMARTS) is 2. The zero-order chi connectivity index (χ0) is 16.9. The molecule has 1 rings (SSSR count). The first-order valence-corrected chi connectivity index (χ1v) is 7.40. The lowest BCUT2D eigenvalue weighted by atomic mass is 9.78. The molecule has 0 aliphatic heterocycles. The third-order valence-corrected chi connectivity index (χ3v) is 3.89. The summed E-state index contributed by atoms with van der Waals surface area (Å²) >= 11 is 0. The van der Waals surface area contributed by atoms with E-state index in [1.165, 1.54) is 19.1 Å². The van der Waals surface area contributed by atoms with Crippen molar-refractivity contribution in [2.45, 2.75) is 52.0 Å². The van der Waals surface area contributed by atoms with E-state index in [0.717, 1.165) is 19.3 Å². The summed E-state index contributed by atoms with van der Waals surface area (Å²) in [6.07, 6.45) is 5.87. The number of carbonyl (C=O) groups excluding carboxylic acids is 1. The Bertz CT molecular complexity index is 535. The van der Waals surface area contributed by atoms with Crippen LogP contribution in [0.4, 0.5) is 0 Å². The van der Waals surface area contributed by atoms with Gasteiger partial charge >= 0.3 is 11.9 Å². The second-order valence-electron chi connectivity index (χ2n) is 5.75. The predicted molar refractivity (Wildman–Crippen MR) is 81.3 cm³/mol. The number of nitrogens with one attached hydrogen (secondary N) is 1. The second kappa shape index (κ2) is 7.24. The Morgan fingerprint density at radius 3 is 2.41 bits per heavy atom. The van der Waals surface area contributed by atoms with Crippen molar-refractivity contribution in [1.82, 2.24) is 5.32 Å². The van der Waals surface area contributed by atoms with Gasteiger partial charge < -0.3 is 15.5 Å². The van der Waals surface area contributed by atoms with Crippen molar-refractivity contribution < 1.29 is 24.6 Å². The van der Waals surface area contributed by atoms with Crippen LogP contribution in [0.2, 0.25) is 0 Å². The Morgan fingerprint density at radius 1 is 1.27 bits per heavy atom. The molecule has 2 atom stereocenters. The van der Waals surface area contributed by atoms with Crippen molar-refractivity contribution in [3.8, 4) is 0 Å². The first-order valence-electron chi connectivity index (χ1n) is 7.40. The highest BCUT2D eigenvalue weighted by Crippen LogP contribution is 2.32. The van der Waals surface area contributed by atoms with E-state index in [4.69, 9.17) is 5.11 Å². The highest BCUT2D eigenvalue weighted by atomic mass is 16.4. The van der Waals surface area contributed by atoms with E-state index >= 15 is 0 Å². The summed E-state index contributed by atoms with van der Waals surface area (Å²) in [5.74, 6) is -3.54. The molecule has 1 aliphatic carbocycles. The van der Waals surface area contributed by atoms with E-state index in [-0.39, 0.29) is 17.1 Å². The summed E-state index contributed by atoms with van der Waals surface area (Å²) in [6.45, 7) is 5.09. The lowest BCUT2D eigenvalue weighted by Gasteiger charge is -2.34. The molecule has 122 valence electrons. The van der Waals surface area contributed by atoms with E-state index in [0.29, 0.717) is 6.42 Å². The fraction of sp³-hybridized carbons (Fsp3) is 0.562. The first-order chi connectivity index (χ1) is 10.2. The summed E-state index contributed by atoms with van der Waals surface area (Å²) in [5.41, 5.74) is -1.03. The van der Waals surface area contributed by atoms with Gasteiger partial charge in [0, 0.05) is 6.42 Å². The molecule has 0 fully saturated rings. The molecule has 0 aromatic heterocycles. The van der Waals surface area contributed by atoms with E-state index in [9.17, 15) is 19.5 Å². The molecule has 2 unspecified atom stereocenters. The quantitative estimate of drug-likeness (QED) is 0.493. The van der Waals surface area contributed by atoms with Gasteiger partial charge in [-0.05, 0) is 25.8 Å².